The normalized spacial score (nSPS) is 13.1. The predicted molar refractivity (Wildman–Crippen MR) is 111 cm³/mol. The van der Waals surface area contributed by atoms with Gasteiger partial charge in [0.1, 0.15) is 0 Å². The highest BCUT2D eigenvalue weighted by Crippen LogP contribution is 2.38. The molecule has 0 aliphatic heterocycles. The largest absolute Gasteiger partial charge is 0.493 e. The van der Waals surface area contributed by atoms with E-state index in [0.29, 0.717) is 34.1 Å². The van der Waals surface area contributed by atoms with Crippen LogP contribution >= 0.6 is 0 Å². The van der Waals surface area contributed by atoms with Crippen molar-refractivity contribution in [2.45, 2.75) is 18.9 Å². The van der Waals surface area contributed by atoms with E-state index in [2.05, 4.69) is 10.6 Å². The summed E-state index contributed by atoms with van der Waals surface area (Å²) in [5.74, 6) is 1.04. The third-order valence-electron chi connectivity index (χ3n) is 4.42. The lowest BCUT2D eigenvalue weighted by Crippen LogP contribution is -2.25. The highest BCUT2D eigenvalue weighted by Gasteiger charge is 2.23. The maximum absolute atomic E-state index is 12.3. The highest BCUT2D eigenvalue weighted by molar-refractivity contribution is 6.03. The molecule has 29 heavy (non-hydrogen) atoms. The molecule has 2 amide bonds. The Labute approximate surface area is 169 Å². The standard InChI is InChI=1S/C22H24N2O5/c1-27-18-11-14(12-19(28-2)21(18)29-3)7-10-20(25)23-17-6-4-5-15(13-17)22(26)24-16-8-9-16/h4-7,10-13,16H,8-9H2,1-3H3,(H,23,25)(H,24,26)/b10-7+. The molecule has 0 saturated heterocycles. The molecule has 152 valence electrons. The number of ether oxygens (including phenoxy) is 3. The number of anilines is 1. The van der Waals surface area contributed by atoms with Crippen molar-refractivity contribution in [2.75, 3.05) is 26.6 Å². The van der Waals surface area contributed by atoms with Gasteiger partial charge in [0.15, 0.2) is 11.5 Å². The first-order valence-electron chi connectivity index (χ1n) is 9.24. The van der Waals surface area contributed by atoms with Crippen LogP contribution in [-0.2, 0) is 4.79 Å². The van der Waals surface area contributed by atoms with Crippen molar-refractivity contribution in [3.63, 3.8) is 0 Å². The molecule has 0 heterocycles. The lowest BCUT2D eigenvalue weighted by atomic mass is 10.1. The Morgan fingerprint density at radius 2 is 1.69 bits per heavy atom. The second-order valence-electron chi connectivity index (χ2n) is 6.61. The van der Waals surface area contributed by atoms with E-state index >= 15 is 0 Å². The Hall–Kier alpha value is -3.48. The SMILES string of the molecule is COc1cc(/C=C/C(=O)Nc2cccc(C(=O)NC3CC3)c2)cc(OC)c1OC. The zero-order valence-electron chi connectivity index (χ0n) is 16.7. The number of nitrogens with one attached hydrogen (secondary N) is 2. The number of amides is 2. The van der Waals surface area contributed by atoms with Gasteiger partial charge < -0.3 is 24.8 Å². The second-order valence-corrected chi connectivity index (χ2v) is 6.61. The van der Waals surface area contributed by atoms with Gasteiger partial charge in [-0.15, -0.1) is 0 Å². The zero-order chi connectivity index (χ0) is 20.8. The fraction of sp³-hybridized carbons (Fsp3) is 0.273. The number of carbonyl (C=O) groups is 2. The van der Waals surface area contributed by atoms with Crippen molar-refractivity contribution in [2.24, 2.45) is 0 Å². The number of benzene rings is 2. The van der Waals surface area contributed by atoms with Crippen molar-refractivity contribution in [1.29, 1.82) is 0 Å². The molecule has 2 aromatic carbocycles. The molecule has 0 aromatic heterocycles. The van der Waals surface area contributed by atoms with Crippen LogP contribution < -0.4 is 24.8 Å². The maximum Gasteiger partial charge on any atom is 0.251 e. The second kappa shape index (κ2) is 9.14. The fourth-order valence-corrected chi connectivity index (χ4v) is 2.79. The van der Waals surface area contributed by atoms with Gasteiger partial charge in [-0.2, -0.15) is 0 Å². The first-order chi connectivity index (χ1) is 14.0. The van der Waals surface area contributed by atoms with Crippen molar-refractivity contribution in [3.05, 3.63) is 53.6 Å². The van der Waals surface area contributed by atoms with Crippen molar-refractivity contribution < 1.29 is 23.8 Å². The van der Waals surface area contributed by atoms with E-state index in [1.54, 1.807) is 42.5 Å². The minimum Gasteiger partial charge on any atom is -0.493 e. The summed E-state index contributed by atoms with van der Waals surface area (Å²) in [5, 5.41) is 5.69. The van der Waals surface area contributed by atoms with E-state index in [1.807, 2.05) is 0 Å². The molecule has 2 N–H and O–H groups in total. The Bertz CT molecular complexity index is 910. The van der Waals surface area contributed by atoms with Gasteiger partial charge in [0, 0.05) is 23.4 Å². The van der Waals surface area contributed by atoms with E-state index in [9.17, 15) is 9.59 Å². The van der Waals surface area contributed by atoms with Gasteiger partial charge in [-0.1, -0.05) is 6.07 Å². The summed E-state index contributed by atoms with van der Waals surface area (Å²) in [4.78, 5) is 24.4. The van der Waals surface area contributed by atoms with Gasteiger partial charge in [0.2, 0.25) is 11.7 Å². The van der Waals surface area contributed by atoms with Gasteiger partial charge in [0.05, 0.1) is 21.3 Å². The van der Waals surface area contributed by atoms with Gasteiger partial charge >= 0.3 is 0 Å². The molecule has 1 saturated carbocycles. The van der Waals surface area contributed by atoms with E-state index in [4.69, 9.17) is 14.2 Å². The topological polar surface area (TPSA) is 85.9 Å². The average Bonchev–Trinajstić information content (AvgIpc) is 3.55. The first-order valence-corrected chi connectivity index (χ1v) is 9.24. The van der Waals surface area contributed by atoms with Crippen molar-refractivity contribution >= 4 is 23.6 Å². The minimum absolute atomic E-state index is 0.128. The average molecular weight is 396 g/mol. The Morgan fingerprint density at radius 1 is 1.00 bits per heavy atom. The molecule has 0 bridgehead atoms. The first kappa shape index (κ1) is 20.3. The van der Waals surface area contributed by atoms with E-state index < -0.39 is 0 Å². The van der Waals surface area contributed by atoms with E-state index in [-0.39, 0.29) is 17.9 Å². The lowest BCUT2D eigenvalue weighted by Gasteiger charge is -2.12. The van der Waals surface area contributed by atoms with E-state index in [0.717, 1.165) is 12.8 Å². The van der Waals surface area contributed by atoms with Crippen LogP contribution in [0, 0.1) is 0 Å². The van der Waals surface area contributed by atoms with Crippen LogP contribution in [0.15, 0.2) is 42.5 Å². The third kappa shape index (κ3) is 5.28. The summed E-state index contributed by atoms with van der Waals surface area (Å²) in [6.07, 6.45) is 5.09. The molecule has 1 fully saturated rings. The van der Waals surface area contributed by atoms with Gasteiger partial charge in [0.25, 0.3) is 5.91 Å². The number of rotatable bonds is 8. The molecule has 7 nitrogen and oxygen atoms in total. The highest BCUT2D eigenvalue weighted by atomic mass is 16.5. The number of hydrogen-bond donors (Lipinski definition) is 2. The Morgan fingerprint density at radius 3 is 2.28 bits per heavy atom. The smallest absolute Gasteiger partial charge is 0.251 e. The molecule has 2 aromatic rings. The number of hydrogen-bond acceptors (Lipinski definition) is 5. The van der Waals surface area contributed by atoms with Crippen molar-refractivity contribution in [1.82, 2.24) is 5.32 Å². The summed E-state index contributed by atoms with van der Waals surface area (Å²) in [6.45, 7) is 0. The molecule has 0 radical (unpaired) electrons. The van der Waals surface area contributed by atoms with Crippen LogP contribution in [0.25, 0.3) is 6.08 Å². The summed E-state index contributed by atoms with van der Waals surface area (Å²) in [7, 11) is 4.59. The molecular weight excluding hydrogens is 372 g/mol. The number of methoxy groups -OCH3 is 3. The quantitative estimate of drug-likeness (QED) is 0.669. The van der Waals surface area contributed by atoms with Gasteiger partial charge in [-0.3, -0.25) is 9.59 Å². The number of carbonyl (C=O) groups excluding carboxylic acids is 2. The van der Waals surface area contributed by atoms with Crippen LogP contribution in [0.5, 0.6) is 17.2 Å². The maximum atomic E-state index is 12.3. The molecule has 1 aliphatic rings. The lowest BCUT2D eigenvalue weighted by molar-refractivity contribution is -0.111. The fourth-order valence-electron chi connectivity index (χ4n) is 2.79. The van der Waals surface area contributed by atoms with Crippen LogP contribution in [0.2, 0.25) is 0 Å². The Balaban J connectivity index is 1.69. The van der Waals surface area contributed by atoms with Crippen LogP contribution in [0.1, 0.15) is 28.8 Å². The van der Waals surface area contributed by atoms with Gasteiger partial charge in [-0.25, -0.2) is 0 Å². The Kier molecular flexibility index (Phi) is 6.39. The summed E-state index contributed by atoms with van der Waals surface area (Å²) >= 11 is 0. The predicted octanol–water partition coefficient (Wildman–Crippen LogP) is 3.26. The summed E-state index contributed by atoms with van der Waals surface area (Å²) < 4.78 is 15.9. The summed E-state index contributed by atoms with van der Waals surface area (Å²) in [6, 6.07) is 10.6. The third-order valence-corrected chi connectivity index (χ3v) is 4.42. The zero-order valence-corrected chi connectivity index (χ0v) is 16.7. The molecule has 7 heteroatoms. The molecular formula is C22H24N2O5. The molecule has 3 rings (SSSR count). The molecule has 0 unspecified atom stereocenters. The molecule has 0 atom stereocenters. The van der Waals surface area contributed by atoms with Gasteiger partial charge in [-0.05, 0) is 54.8 Å². The minimum atomic E-state index is -0.321. The molecule has 0 spiro atoms. The van der Waals surface area contributed by atoms with Crippen molar-refractivity contribution in [3.8, 4) is 17.2 Å². The van der Waals surface area contributed by atoms with Crippen LogP contribution in [0.3, 0.4) is 0 Å². The monoisotopic (exact) mass is 396 g/mol. The van der Waals surface area contributed by atoms with Crippen LogP contribution in [-0.4, -0.2) is 39.2 Å². The summed E-state index contributed by atoms with van der Waals surface area (Å²) in [5.41, 5.74) is 1.78. The van der Waals surface area contributed by atoms with Crippen LogP contribution in [0.4, 0.5) is 5.69 Å². The molecule has 1 aliphatic carbocycles. The van der Waals surface area contributed by atoms with E-state index in [1.165, 1.54) is 27.4 Å².